The predicted octanol–water partition coefficient (Wildman–Crippen LogP) is 4.02. The Bertz CT molecular complexity index is 399. The van der Waals surface area contributed by atoms with Crippen molar-refractivity contribution in [1.29, 1.82) is 0 Å². The molecule has 1 N–H and O–H groups in total. The Morgan fingerprint density at radius 2 is 2.05 bits per heavy atom. The molecule has 1 aromatic carbocycles. The van der Waals surface area contributed by atoms with E-state index in [1.165, 1.54) is 56.3 Å². The highest BCUT2D eigenvalue weighted by Crippen LogP contribution is 2.18. The number of piperidine rings is 1. The van der Waals surface area contributed by atoms with Gasteiger partial charge in [0, 0.05) is 12.6 Å². The summed E-state index contributed by atoms with van der Waals surface area (Å²) in [6.07, 6.45) is 6.51. The molecule has 2 nitrogen and oxygen atoms in total. The summed E-state index contributed by atoms with van der Waals surface area (Å²) >= 11 is 0. The zero-order valence-corrected chi connectivity index (χ0v) is 14.1. The third-order valence-electron chi connectivity index (χ3n) is 4.73. The van der Waals surface area contributed by atoms with Crippen LogP contribution in [0.1, 0.15) is 56.7 Å². The number of benzene rings is 1. The average molecular weight is 288 g/mol. The van der Waals surface area contributed by atoms with E-state index in [1.54, 1.807) is 0 Å². The van der Waals surface area contributed by atoms with Crippen molar-refractivity contribution in [1.82, 2.24) is 10.2 Å². The van der Waals surface area contributed by atoms with Gasteiger partial charge in [-0.05, 0) is 69.8 Å². The summed E-state index contributed by atoms with van der Waals surface area (Å²) in [5.74, 6) is 0.815. The Morgan fingerprint density at radius 1 is 1.29 bits per heavy atom. The van der Waals surface area contributed by atoms with Gasteiger partial charge in [0.25, 0.3) is 0 Å². The number of likely N-dealkylation sites (tertiary alicyclic amines) is 1. The predicted molar refractivity (Wildman–Crippen MR) is 91.7 cm³/mol. The highest BCUT2D eigenvalue weighted by atomic mass is 15.1. The molecule has 1 aliphatic rings. The largest absolute Gasteiger partial charge is 0.310 e. The number of rotatable bonds is 7. The second kappa shape index (κ2) is 8.55. The Morgan fingerprint density at radius 3 is 2.71 bits per heavy atom. The molecule has 1 fully saturated rings. The van der Waals surface area contributed by atoms with Gasteiger partial charge in [-0.1, -0.05) is 37.6 Å². The molecule has 1 aromatic rings. The highest BCUT2D eigenvalue weighted by molar-refractivity contribution is 5.24. The van der Waals surface area contributed by atoms with Crippen LogP contribution in [0.15, 0.2) is 24.3 Å². The highest BCUT2D eigenvalue weighted by Gasteiger charge is 2.17. The maximum Gasteiger partial charge on any atom is 0.0291 e. The van der Waals surface area contributed by atoms with E-state index in [9.17, 15) is 0 Å². The minimum Gasteiger partial charge on any atom is -0.310 e. The van der Waals surface area contributed by atoms with Crippen molar-refractivity contribution in [3.05, 3.63) is 35.4 Å². The van der Waals surface area contributed by atoms with Crippen LogP contribution in [-0.2, 0) is 6.42 Å². The van der Waals surface area contributed by atoms with Gasteiger partial charge in [-0.2, -0.15) is 0 Å². The Hall–Kier alpha value is -0.860. The van der Waals surface area contributed by atoms with Crippen molar-refractivity contribution in [3.8, 4) is 0 Å². The van der Waals surface area contributed by atoms with Gasteiger partial charge in [-0.15, -0.1) is 0 Å². The third-order valence-corrected chi connectivity index (χ3v) is 4.73. The van der Waals surface area contributed by atoms with Crippen molar-refractivity contribution in [2.45, 2.75) is 52.0 Å². The zero-order chi connectivity index (χ0) is 15.1. The quantitative estimate of drug-likeness (QED) is 0.815. The minimum absolute atomic E-state index is 0.456. The lowest BCUT2D eigenvalue weighted by molar-refractivity contribution is 0.203. The normalized spacial score (nSPS) is 21.4. The van der Waals surface area contributed by atoms with E-state index < -0.39 is 0 Å². The molecular formula is C19H32N2. The fourth-order valence-corrected chi connectivity index (χ4v) is 3.26. The fraction of sp³-hybridized carbons (Fsp3) is 0.684. The molecule has 2 heteroatoms. The summed E-state index contributed by atoms with van der Waals surface area (Å²) in [6.45, 7) is 8.20. The topological polar surface area (TPSA) is 15.3 Å². The molecule has 0 radical (unpaired) electrons. The van der Waals surface area contributed by atoms with E-state index >= 15 is 0 Å². The minimum atomic E-state index is 0.456. The lowest BCUT2D eigenvalue weighted by Crippen LogP contribution is -2.37. The van der Waals surface area contributed by atoms with E-state index in [1.807, 2.05) is 0 Å². The molecule has 1 aliphatic heterocycles. The van der Waals surface area contributed by atoms with Crippen LogP contribution in [0, 0.1) is 5.92 Å². The molecular weight excluding hydrogens is 256 g/mol. The Labute approximate surface area is 130 Å². The molecule has 0 aliphatic carbocycles. The first-order valence-electron chi connectivity index (χ1n) is 8.69. The number of nitrogens with zero attached hydrogens (tertiary/aromatic N) is 1. The molecule has 0 bridgehead atoms. The lowest BCUT2D eigenvalue weighted by Gasteiger charge is -2.30. The van der Waals surface area contributed by atoms with Gasteiger partial charge in [-0.25, -0.2) is 0 Å². The summed E-state index contributed by atoms with van der Waals surface area (Å²) in [4.78, 5) is 2.46. The molecule has 0 aromatic heterocycles. The van der Waals surface area contributed by atoms with Gasteiger partial charge in [-0.3, -0.25) is 0 Å². The first kappa shape index (κ1) is 16.5. The number of aryl methyl sites for hydroxylation is 1. The summed E-state index contributed by atoms with van der Waals surface area (Å²) in [7, 11) is 2.24. The summed E-state index contributed by atoms with van der Waals surface area (Å²) in [5.41, 5.74) is 2.89. The van der Waals surface area contributed by atoms with Crippen molar-refractivity contribution < 1.29 is 0 Å². The average Bonchev–Trinajstić information content (AvgIpc) is 2.51. The molecule has 0 saturated carbocycles. The number of hydrogen-bond donors (Lipinski definition) is 1. The van der Waals surface area contributed by atoms with E-state index in [2.05, 4.69) is 55.4 Å². The maximum atomic E-state index is 3.73. The standard InChI is InChI=1S/C19H32N2/c1-4-5-7-17-9-11-19(12-10-17)16(2)20-14-18-8-6-13-21(3)15-18/h9-12,16,18,20H,4-8,13-15H2,1-3H3. The Balaban J connectivity index is 1.78. The smallest absolute Gasteiger partial charge is 0.0291 e. The molecule has 118 valence electrons. The SMILES string of the molecule is CCCCc1ccc(C(C)NCC2CCCN(C)C2)cc1. The van der Waals surface area contributed by atoms with Gasteiger partial charge in [0.15, 0.2) is 0 Å². The monoisotopic (exact) mass is 288 g/mol. The van der Waals surface area contributed by atoms with E-state index in [0.29, 0.717) is 6.04 Å². The molecule has 1 saturated heterocycles. The van der Waals surface area contributed by atoms with Crippen LogP contribution >= 0.6 is 0 Å². The van der Waals surface area contributed by atoms with E-state index in [-0.39, 0.29) is 0 Å². The van der Waals surface area contributed by atoms with Gasteiger partial charge in [0.05, 0.1) is 0 Å². The summed E-state index contributed by atoms with van der Waals surface area (Å²) < 4.78 is 0. The van der Waals surface area contributed by atoms with Gasteiger partial charge in [0.2, 0.25) is 0 Å². The molecule has 1 heterocycles. The van der Waals surface area contributed by atoms with Crippen LogP contribution in [0.5, 0.6) is 0 Å². The first-order valence-corrected chi connectivity index (χ1v) is 8.69. The number of unbranched alkanes of at least 4 members (excludes halogenated alkanes) is 1. The van der Waals surface area contributed by atoms with Crippen LogP contribution in [0.25, 0.3) is 0 Å². The van der Waals surface area contributed by atoms with Crippen molar-refractivity contribution in [2.75, 3.05) is 26.7 Å². The number of hydrogen-bond acceptors (Lipinski definition) is 2. The molecule has 2 unspecified atom stereocenters. The molecule has 0 spiro atoms. The second-order valence-electron chi connectivity index (χ2n) is 6.75. The third kappa shape index (κ3) is 5.44. The molecule has 2 rings (SSSR count). The zero-order valence-electron chi connectivity index (χ0n) is 14.1. The van der Waals surface area contributed by atoms with Crippen LogP contribution in [0.3, 0.4) is 0 Å². The van der Waals surface area contributed by atoms with Crippen molar-refractivity contribution in [3.63, 3.8) is 0 Å². The molecule has 0 amide bonds. The van der Waals surface area contributed by atoms with Gasteiger partial charge < -0.3 is 10.2 Å². The van der Waals surface area contributed by atoms with Gasteiger partial charge in [0.1, 0.15) is 0 Å². The lowest BCUT2D eigenvalue weighted by atomic mass is 9.97. The van der Waals surface area contributed by atoms with Crippen molar-refractivity contribution >= 4 is 0 Å². The van der Waals surface area contributed by atoms with E-state index in [4.69, 9.17) is 0 Å². The summed E-state index contributed by atoms with van der Waals surface area (Å²) in [6, 6.07) is 9.66. The van der Waals surface area contributed by atoms with Gasteiger partial charge >= 0.3 is 0 Å². The van der Waals surface area contributed by atoms with Crippen LogP contribution in [0.2, 0.25) is 0 Å². The number of nitrogens with one attached hydrogen (secondary N) is 1. The second-order valence-corrected chi connectivity index (χ2v) is 6.75. The van der Waals surface area contributed by atoms with Crippen LogP contribution in [-0.4, -0.2) is 31.6 Å². The molecule has 21 heavy (non-hydrogen) atoms. The van der Waals surface area contributed by atoms with Crippen LogP contribution < -0.4 is 5.32 Å². The van der Waals surface area contributed by atoms with Crippen molar-refractivity contribution in [2.24, 2.45) is 5.92 Å². The Kier molecular flexibility index (Phi) is 6.72. The maximum absolute atomic E-state index is 3.73. The molecule has 2 atom stereocenters. The summed E-state index contributed by atoms with van der Waals surface area (Å²) in [5, 5.41) is 3.73. The van der Waals surface area contributed by atoms with Crippen LogP contribution in [0.4, 0.5) is 0 Å². The fourth-order valence-electron chi connectivity index (χ4n) is 3.26. The van der Waals surface area contributed by atoms with E-state index in [0.717, 1.165) is 12.5 Å². The first-order chi connectivity index (χ1) is 10.2.